The topological polar surface area (TPSA) is 34.1 Å². The maximum absolute atomic E-state index is 5.96. The molecule has 0 radical (unpaired) electrons. The lowest BCUT2D eigenvalue weighted by atomic mass is 10.1. The molecule has 1 aromatic carbocycles. The molecule has 0 spiro atoms. The number of aliphatic imine (C=N–C) groups is 1. The van der Waals surface area contributed by atoms with Gasteiger partial charge in [0.15, 0.2) is 0 Å². The van der Waals surface area contributed by atoms with Crippen LogP contribution < -0.4 is 0 Å². The first-order chi connectivity index (χ1) is 9.06. The molecule has 0 aliphatic carbocycles. The Morgan fingerprint density at radius 3 is 2.63 bits per heavy atom. The number of benzene rings is 1. The van der Waals surface area contributed by atoms with E-state index in [1.54, 1.807) is 0 Å². The normalized spacial score (nSPS) is 28.9. The van der Waals surface area contributed by atoms with Crippen molar-refractivity contribution in [2.24, 2.45) is 4.99 Å². The summed E-state index contributed by atoms with van der Waals surface area (Å²) in [6, 6.07) is 10.2. The van der Waals surface area contributed by atoms with Gasteiger partial charge in [0.1, 0.15) is 0 Å². The molecule has 0 saturated carbocycles. The van der Waals surface area contributed by atoms with Gasteiger partial charge in [0, 0.05) is 6.42 Å². The molecule has 1 saturated heterocycles. The summed E-state index contributed by atoms with van der Waals surface area (Å²) in [5.41, 5.74) is 1.06. The van der Waals surface area contributed by atoms with Crippen LogP contribution in [0.2, 0.25) is 0 Å². The monoisotopic (exact) mass is 260 g/mol. The van der Waals surface area contributed by atoms with Gasteiger partial charge in [0.05, 0.1) is 18.6 Å². The fourth-order valence-electron chi connectivity index (χ4n) is 2.64. The van der Waals surface area contributed by atoms with E-state index in [0.29, 0.717) is 13.0 Å². The molecule has 2 aliphatic rings. The second-order valence-electron chi connectivity index (χ2n) is 5.75. The molecule has 1 atom stereocenters. The smallest absolute Gasteiger partial charge is 0.252 e. The highest BCUT2D eigenvalue weighted by molar-refractivity contribution is 5.80. The first kappa shape index (κ1) is 12.6. The van der Waals surface area contributed by atoms with Crippen LogP contribution in [0.4, 0.5) is 0 Å². The van der Waals surface area contributed by atoms with Gasteiger partial charge in [-0.05, 0) is 19.4 Å². The molecule has 3 rings (SSSR count). The Morgan fingerprint density at radius 1 is 1.26 bits per heavy atom. The van der Waals surface area contributed by atoms with Gasteiger partial charge in [-0.2, -0.15) is 0 Å². The minimum Gasteiger partial charge on any atom is -0.385 e. The van der Waals surface area contributed by atoms with Crippen LogP contribution in [0, 0.1) is 0 Å². The Morgan fingerprint density at radius 2 is 2.00 bits per heavy atom. The zero-order valence-electron chi connectivity index (χ0n) is 11.7. The predicted octanol–water partition coefficient (Wildman–Crippen LogP) is 2.75. The zero-order valence-corrected chi connectivity index (χ0v) is 11.7. The van der Waals surface area contributed by atoms with Crippen molar-refractivity contribution in [1.82, 2.24) is 5.06 Å². The van der Waals surface area contributed by atoms with Gasteiger partial charge < -0.3 is 9.57 Å². The summed E-state index contributed by atoms with van der Waals surface area (Å²) in [7, 11) is 0. The highest BCUT2D eigenvalue weighted by Crippen LogP contribution is 2.42. The maximum atomic E-state index is 5.96. The number of hydrogen-bond acceptors (Lipinski definition) is 4. The van der Waals surface area contributed by atoms with Crippen LogP contribution in [0.1, 0.15) is 32.8 Å². The van der Waals surface area contributed by atoms with Gasteiger partial charge in [-0.15, -0.1) is 0 Å². The summed E-state index contributed by atoms with van der Waals surface area (Å²) >= 11 is 0. The average molecular weight is 260 g/mol. The minimum atomic E-state index is -0.617. The summed E-state index contributed by atoms with van der Waals surface area (Å²) in [6.45, 7) is 6.95. The summed E-state index contributed by atoms with van der Waals surface area (Å²) in [6.07, 6.45) is 1.49. The summed E-state index contributed by atoms with van der Waals surface area (Å²) in [4.78, 5) is 10.6. The highest BCUT2D eigenvalue weighted by Gasteiger charge is 2.57. The second kappa shape index (κ2) is 4.32. The third-order valence-corrected chi connectivity index (χ3v) is 3.68. The van der Waals surface area contributed by atoms with Crippen LogP contribution in [-0.2, 0) is 16.0 Å². The number of rotatable bonds is 3. The van der Waals surface area contributed by atoms with Gasteiger partial charge in [-0.25, -0.2) is 4.99 Å². The quantitative estimate of drug-likeness (QED) is 0.838. The molecule has 0 bridgehead atoms. The molecule has 102 valence electrons. The highest BCUT2D eigenvalue weighted by atomic mass is 16.8. The number of hydrogen-bond donors (Lipinski definition) is 0. The summed E-state index contributed by atoms with van der Waals surface area (Å²) < 4.78 is 5.91. The van der Waals surface area contributed by atoms with Crippen LogP contribution in [0.25, 0.3) is 0 Å². The van der Waals surface area contributed by atoms with Crippen molar-refractivity contribution in [1.29, 1.82) is 0 Å². The second-order valence-corrected chi connectivity index (χ2v) is 5.75. The molecule has 19 heavy (non-hydrogen) atoms. The Bertz CT molecular complexity index is 498. The zero-order chi connectivity index (χ0) is 13.5. The fourth-order valence-corrected chi connectivity index (χ4v) is 2.64. The van der Waals surface area contributed by atoms with E-state index < -0.39 is 5.85 Å². The van der Waals surface area contributed by atoms with Crippen molar-refractivity contribution in [2.75, 3.05) is 6.61 Å². The van der Waals surface area contributed by atoms with Crippen LogP contribution >= 0.6 is 0 Å². The lowest BCUT2D eigenvalue weighted by molar-refractivity contribution is -0.210. The summed E-state index contributed by atoms with van der Waals surface area (Å²) in [5.74, 6) is 0.119. The van der Waals surface area contributed by atoms with Gasteiger partial charge in [0.25, 0.3) is 5.85 Å². The van der Waals surface area contributed by atoms with Gasteiger partial charge in [0.2, 0.25) is 5.90 Å². The molecule has 2 aliphatic heterocycles. The molecule has 4 nitrogen and oxygen atoms in total. The first-order valence-electron chi connectivity index (χ1n) is 6.81. The van der Waals surface area contributed by atoms with Crippen LogP contribution in [0.3, 0.4) is 0 Å². The van der Waals surface area contributed by atoms with Crippen LogP contribution in [0.15, 0.2) is 35.3 Å². The number of ether oxygens (including phenoxy) is 1. The van der Waals surface area contributed by atoms with E-state index in [9.17, 15) is 0 Å². The Kier molecular flexibility index (Phi) is 2.87. The van der Waals surface area contributed by atoms with E-state index in [1.807, 2.05) is 23.3 Å². The molecule has 1 fully saturated rings. The molecule has 0 N–H and O–H groups in total. The predicted molar refractivity (Wildman–Crippen MR) is 73.6 cm³/mol. The Hall–Kier alpha value is -1.39. The van der Waals surface area contributed by atoms with E-state index >= 15 is 0 Å². The van der Waals surface area contributed by atoms with Crippen molar-refractivity contribution in [3.8, 4) is 0 Å². The van der Waals surface area contributed by atoms with E-state index in [0.717, 1.165) is 12.3 Å². The third-order valence-electron chi connectivity index (χ3n) is 3.68. The fraction of sp³-hybridized carbons (Fsp3) is 0.533. The van der Waals surface area contributed by atoms with Crippen molar-refractivity contribution >= 4 is 5.90 Å². The van der Waals surface area contributed by atoms with E-state index in [2.05, 4.69) is 37.9 Å². The lowest BCUT2D eigenvalue weighted by Gasteiger charge is -2.31. The Labute approximate surface area is 114 Å². The van der Waals surface area contributed by atoms with Crippen LogP contribution in [0.5, 0.6) is 0 Å². The average Bonchev–Trinajstić information content (AvgIpc) is 2.88. The molecule has 2 heterocycles. The molecule has 0 amide bonds. The van der Waals surface area contributed by atoms with Crippen molar-refractivity contribution < 1.29 is 9.57 Å². The SMILES string of the molecule is CCC12N=C(Cc3ccccc3)ON1C(C)(C)CO2. The molecule has 4 heteroatoms. The van der Waals surface area contributed by atoms with Gasteiger partial charge in [-0.3, -0.25) is 0 Å². The maximum Gasteiger partial charge on any atom is 0.252 e. The van der Waals surface area contributed by atoms with Crippen molar-refractivity contribution in [3.63, 3.8) is 0 Å². The van der Waals surface area contributed by atoms with E-state index in [4.69, 9.17) is 9.57 Å². The standard InChI is InChI=1S/C15H20N2O2/c1-4-15-16-13(10-12-8-6-5-7-9-12)19-17(15)14(2,3)11-18-15/h5-9H,4,10-11H2,1-3H3. The molecule has 1 aromatic rings. The molecular formula is C15H20N2O2. The first-order valence-corrected chi connectivity index (χ1v) is 6.81. The minimum absolute atomic E-state index is 0.141. The van der Waals surface area contributed by atoms with Gasteiger partial charge in [-0.1, -0.05) is 42.3 Å². The van der Waals surface area contributed by atoms with Crippen molar-refractivity contribution in [3.05, 3.63) is 35.9 Å². The van der Waals surface area contributed by atoms with E-state index in [1.165, 1.54) is 5.56 Å². The third kappa shape index (κ3) is 2.05. The lowest BCUT2D eigenvalue weighted by Crippen LogP contribution is -2.47. The molecular weight excluding hydrogens is 240 g/mol. The van der Waals surface area contributed by atoms with Gasteiger partial charge >= 0.3 is 0 Å². The number of hydroxylamine groups is 2. The molecule has 1 unspecified atom stereocenters. The summed E-state index contributed by atoms with van der Waals surface area (Å²) in [5, 5.41) is 1.91. The van der Waals surface area contributed by atoms with Crippen LogP contribution in [-0.4, -0.2) is 29.0 Å². The van der Waals surface area contributed by atoms with E-state index in [-0.39, 0.29) is 5.54 Å². The number of nitrogens with zero attached hydrogens (tertiary/aromatic N) is 2. The number of fused-ring (bicyclic) bond motifs is 1. The molecule has 0 aromatic heterocycles. The Balaban J connectivity index is 1.83. The van der Waals surface area contributed by atoms with Crippen molar-refractivity contribution in [2.45, 2.75) is 45.0 Å². The largest absolute Gasteiger partial charge is 0.385 e.